The lowest BCUT2D eigenvalue weighted by atomic mass is 10.0. The number of hydrogen-bond acceptors (Lipinski definition) is 5. The molecule has 2 heterocycles. The number of phenols is 1. The van der Waals surface area contributed by atoms with E-state index in [9.17, 15) is 14.0 Å². The van der Waals surface area contributed by atoms with Crippen LogP contribution in [-0.4, -0.2) is 28.4 Å². The van der Waals surface area contributed by atoms with Crippen LogP contribution < -0.4 is 10.5 Å². The number of ether oxygens (including phenoxy) is 1. The Morgan fingerprint density at radius 1 is 1.10 bits per heavy atom. The zero-order valence-electron chi connectivity index (χ0n) is 15.5. The van der Waals surface area contributed by atoms with E-state index in [1.165, 1.54) is 5.56 Å². The molecule has 0 radical (unpaired) electrons. The van der Waals surface area contributed by atoms with Gasteiger partial charge in [0.1, 0.15) is 5.75 Å². The smallest absolute Gasteiger partial charge is 0.248 e. The van der Waals surface area contributed by atoms with Crippen molar-refractivity contribution in [3.05, 3.63) is 89.0 Å². The van der Waals surface area contributed by atoms with Crippen molar-refractivity contribution in [1.29, 1.82) is 0 Å². The molecule has 1 aliphatic rings. The fraction of sp³-hybridized carbons (Fsp3) is 0.136. The van der Waals surface area contributed by atoms with Crippen molar-refractivity contribution in [2.45, 2.75) is 12.8 Å². The van der Waals surface area contributed by atoms with Crippen LogP contribution in [0.2, 0.25) is 0 Å². The minimum Gasteiger partial charge on any atom is -0.505 e. The van der Waals surface area contributed by atoms with Crippen molar-refractivity contribution in [3.63, 3.8) is 0 Å². The molecule has 1 aromatic heterocycles. The van der Waals surface area contributed by atoms with Gasteiger partial charge < -0.3 is 15.6 Å². The monoisotopic (exact) mass is 394 g/mol. The second-order valence-corrected chi connectivity index (χ2v) is 6.41. The number of Topliss-reactive ketones (excluding diaryl/α,β-unsaturated/α-hetero) is 1. The number of rotatable bonds is 3. The summed E-state index contributed by atoms with van der Waals surface area (Å²) in [4.78, 5) is 26.1. The highest BCUT2D eigenvalue weighted by Gasteiger charge is 2.20. The third-order valence-electron chi connectivity index (χ3n) is 4.33. The Morgan fingerprint density at radius 3 is 2.41 bits per heavy atom. The van der Waals surface area contributed by atoms with Gasteiger partial charge in [0.25, 0.3) is 0 Å². The Hall–Kier alpha value is -3.74. The van der Waals surface area contributed by atoms with Gasteiger partial charge >= 0.3 is 0 Å². The van der Waals surface area contributed by atoms with E-state index >= 15 is 0 Å². The van der Waals surface area contributed by atoms with Crippen molar-refractivity contribution in [3.8, 4) is 11.5 Å². The average molecular weight is 394 g/mol. The van der Waals surface area contributed by atoms with E-state index < -0.39 is 17.5 Å². The third kappa shape index (κ3) is 5.16. The van der Waals surface area contributed by atoms with E-state index in [1.54, 1.807) is 24.5 Å². The van der Waals surface area contributed by atoms with E-state index in [-0.39, 0.29) is 30.1 Å². The Balaban J connectivity index is 0.000000169. The van der Waals surface area contributed by atoms with Crippen LogP contribution in [0.4, 0.5) is 4.39 Å². The van der Waals surface area contributed by atoms with Gasteiger partial charge in [0.15, 0.2) is 17.3 Å². The molecule has 3 aromatic rings. The molecule has 1 amide bonds. The number of carbonyl (C=O) groups is 2. The number of carbonyl (C=O) groups excluding carboxylic acids is 2. The van der Waals surface area contributed by atoms with Crippen LogP contribution in [0.25, 0.3) is 0 Å². The van der Waals surface area contributed by atoms with Crippen molar-refractivity contribution in [2.75, 3.05) is 6.61 Å². The molecule has 0 atom stereocenters. The van der Waals surface area contributed by atoms with E-state index in [4.69, 9.17) is 15.6 Å². The van der Waals surface area contributed by atoms with Crippen LogP contribution in [0.15, 0.2) is 60.9 Å². The minimum absolute atomic E-state index is 0.153. The van der Waals surface area contributed by atoms with Gasteiger partial charge in [-0.3, -0.25) is 14.6 Å². The second kappa shape index (κ2) is 8.97. The summed E-state index contributed by atoms with van der Waals surface area (Å²) in [6.45, 7) is 0.289. The summed E-state index contributed by atoms with van der Waals surface area (Å²) in [5.41, 5.74) is 8.26. The Bertz CT molecular complexity index is 1020. The summed E-state index contributed by atoms with van der Waals surface area (Å²) in [6.07, 6.45) is 4.64. The lowest BCUT2D eigenvalue weighted by Crippen LogP contribution is -2.15. The highest BCUT2D eigenvalue weighted by atomic mass is 19.1. The van der Waals surface area contributed by atoms with Gasteiger partial charge in [0.2, 0.25) is 5.91 Å². The van der Waals surface area contributed by atoms with Crippen LogP contribution in [-0.2, 0) is 6.42 Å². The molecular weight excluding hydrogens is 375 g/mol. The Kier molecular flexibility index (Phi) is 6.19. The summed E-state index contributed by atoms with van der Waals surface area (Å²) in [7, 11) is 0. The molecule has 0 fully saturated rings. The molecule has 29 heavy (non-hydrogen) atoms. The summed E-state index contributed by atoms with van der Waals surface area (Å²) < 4.78 is 17.9. The number of aromatic hydroxyl groups is 1. The van der Waals surface area contributed by atoms with Crippen LogP contribution in [0, 0.1) is 5.82 Å². The molecule has 2 aromatic carbocycles. The van der Waals surface area contributed by atoms with Crippen LogP contribution in [0.5, 0.6) is 11.5 Å². The summed E-state index contributed by atoms with van der Waals surface area (Å²) >= 11 is 0. The normalized spacial score (nSPS) is 12.2. The summed E-state index contributed by atoms with van der Waals surface area (Å²) in [5, 5.41) is 9.00. The fourth-order valence-electron chi connectivity index (χ4n) is 2.79. The first kappa shape index (κ1) is 20.0. The number of nitrogens with two attached hydrogens (primary N) is 1. The van der Waals surface area contributed by atoms with E-state index in [0.29, 0.717) is 5.56 Å². The lowest BCUT2D eigenvalue weighted by molar-refractivity contribution is 0.0931. The van der Waals surface area contributed by atoms with Gasteiger partial charge in [-0.05, 0) is 47.9 Å². The first-order chi connectivity index (χ1) is 13.9. The number of benzene rings is 2. The molecule has 0 bridgehead atoms. The molecule has 0 unspecified atom stereocenters. The van der Waals surface area contributed by atoms with Gasteiger partial charge in [0, 0.05) is 30.4 Å². The van der Waals surface area contributed by atoms with Crippen LogP contribution in [0.1, 0.15) is 38.3 Å². The highest BCUT2D eigenvalue weighted by molar-refractivity contribution is 5.99. The number of halogens is 1. The quantitative estimate of drug-likeness (QED) is 0.710. The average Bonchev–Trinajstić information content (AvgIpc) is 2.71. The van der Waals surface area contributed by atoms with Crippen molar-refractivity contribution in [2.24, 2.45) is 5.73 Å². The lowest BCUT2D eigenvalue weighted by Gasteiger charge is -2.16. The molecule has 4 rings (SSSR count). The standard InChI is InChI=1S/C13H12N2O.C9H7FO3/c14-13(16)12-3-1-10(2-4-12)9-11-5-7-15-8-6-11;10-6-3-5-7(11)1-2-13-9(5)4-8(6)12/h1-8H,9H2,(H2,14,16);3-4,12H,1-2H2. The number of amides is 1. The van der Waals surface area contributed by atoms with Gasteiger partial charge in [-0.1, -0.05) is 12.1 Å². The number of aromatic nitrogens is 1. The molecule has 0 saturated heterocycles. The Morgan fingerprint density at radius 2 is 1.76 bits per heavy atom. The predicted octanol–water partition coefficient (Wildman–Crippen LogP) is 3.27. The molecule has 0 saturated carbocycles. The molecule has 148 valence electrons. The molecule has 0 aliphatic carbocycles. The second-order valence-electron chi connectivity index (χ2n) is 6.41. The predicted molar refractivity (Wildman–Crippen MR) is 105 cm³/mol. The number of ketones is 1. The molecule has 7 heteroatoms. The summed E-state index contributed by atoms with van der Waals surface area (Å²) in [6, 6.07) is 13.4. The Labute approximate surface area is 166 Å². The number of hydrogen-bond donors (Lipinski definition) is 2. The van der Waals surface area contributed by atoms with Crippen molar-refractivity contribution < 1.29 is 23.8 Å². The summed E-state index contributed by atoms with van der Waals surface area (Å²) in [5.74, 6) is -1.57. The fourth-order valence-corrected chi connectivity index (χ4v) is 2.79. The van der Waals surface area contributed by atoms with E-state index in [0.717, 1.165) is 24.1 Å². The number of phenolic OH excluding ortho intramolecular Hbond substituents is 1. The first-order valence-corrected chi connectivity index (χ1v) is 8.90. The zero-order valence-corrected chi connectivity index (χ0v) is 15.5. The first-order valence-electron chi connectivity index (χ1n) is 8.90. The van der Waals surface area contributed by atoms with Crippen LogP contribution in [0.3, 0.4) is 0 Å². The largest absolute Gasteiger partial charge is 0.505 e. The molecule has 0 spiro atoms. The van der Waals surface area contributed by atoms with Gasteiger partial charge in [0.05, 0.1) is 12.2 Å². The maximum Gasteiger partial charge on any atom is 0.248 e. The SMILES string of the molecule is NC(=O)c1ccc(Cc2ccncc2)cc1.O=C1CCOc2cc(O)c(F)cc21. The maximum absolute atomic E-state index is 12.8. The zero-order chi connectivity index (χ0) is 20.8. The maximum atomic E-state index is 12.8. The van der Waals surface area contributed by atoms with Crippen molar-refractivity contribution in [1.82, 2.24) is 4.98 Å². The van der Waals surface area contributed by atoms with Crippen molar-refractivity contribution >= 4 is 11.7 Å². The number of pyridine rings is 1. The molecular formula is C22H19FN2O4. The molecule has 3 N–H and O–H groups in total. The minimum atomic E-state index is -0.794. The van der Waals surface area contributed by atoms with E-state index in [2.05, 4.69) is 4.98 Å². The van der Waals surface area contributed by atoms with Crippen LogP contribution >= 0.6 is 0 Å². The van der Waals surface area contributed by atoms with Gasteiger partial charge in [-0.15, -0.1) is 0 Å². The van der Waals surface area contributed by atoms with Gasteiger partial charge in [-0.25, -0.2) is 4.39 Å². The topological polar surface area (TPSA) is 103 Å². The number of nitrogens with zero attached hydrogens (tertiary/aromatic N) is 1. The highest BCUT2D eigenvalue weighted by Crippen LogP contribution is 2.30. The number of fused-ring (bicyclic) bond motifs is 1. The molecule has 6 nitrogen and oxygen atoms in total. The van der Waals surface area contributed by atoms with E-state index in [1.807, 2.05) is 24.3 Å². The molecule has 1 aliphatic heterocycles. The van der Waals surface area contributed by atoms with Gasteiger partial charge in [-0.2, -0.15) is 0 Å². The number of primary amides is 1. The third-order valence-corrected chi connectivity index (χ3v) is 4.33.